The van der Waals surface area contributed by atoms with E-state index in [1.807, 2.05) is 0 Å². The third-order valence-corrected chi connectivity index (χ3v) is 2.45. The van der Waals surface area contributed by atoms with Crippen LogP contribution in [0.5, 0.6) is 0 Å². The number of carbonyl (C=O) groups excluding carboxylic acids is 2. The number of benzene rings is 1. The van der Waals surface area contributed by atoms with E-state index in [1.165, 1.54) is 17.0 Å². The monoisotopic (exact) mass is 255 g/mol. The zero-order valence-corrected chi connectivity index (χ0v) is 10.4. The molecule has 0 aliphatic rings. The van der Waals surface area contributed by atoms with Crippen LogP contribution in [0, 0.1) is 0 Å². The van der Waals surface area contributed by atoms with Crippen molar-refractivity contribution in [1.29, 1.82) is 0 Å². The van der Waals surface area contributed by atoms with Crippen LogP contribution in [-0.2, 0) is 4.79 Å². The van der Waals surface area contributed by atoms with Crippen LogP contribution in [0.1, 0.15) is 10.4 Å². The molecule has 0 saturated heterocycles. The predicted octanol–water partition coefficient (Wildman–Crippen LogP) is 0.740. The Balaban J connectivity index is 2.68. The molecule has 0 spiro atoms. The number of likely N-dealkylation sites (N-methyl/N-ethyl adjacent to an activating group) is 1. The number of anilines is 1. The first-order valence-corrected chi connectivity index (χ1v) is 5.33. The summed E-state index contributed by atoms with van der Waals surface area (Å²) in [6, 6.07) is 4.59. The number of carbonyl (C=O) groups is 2. The van der Waals surface area contributed by atoms with Gasteiger partial charge < -0.3 is 16.0 Å². The van der Waals surface area contributed by atoms with E-state index in [0.29, 0.717) is 11.3 Å². The van der Waals surface area contributed by atoms with Crippen molar-refractivity contribution in [1.82, 2.24) is 10.2 Å². The lowest BCUT2D eigenvalue weighted by Gasteiger charge is -2.11. The van der Waals surface area contributed by atoms with E-state index in [0.717, 1.165) is 0 Å². The van der Waals surface area contributed by atoms with Gasteiger partial charge in [-0.15, -0.1) is 0 Å². The summed E-state index contributed by atoms with van der Waals surface area (Å²) >= 11 is 5.87. The van der Waals surface area contributed by atoms with Gasteiger partial charge in [-0.05, 0) is 18.2 Å². The molecule has 1 rings (SSSR count). The van der Waals surface area contributed by atoms with Gasteiger partial charge in [-0.25, -0.2) is 0 Å². The van der Waals surface area contributed by atoms with Crippen LogP contribution < -0.4 is 11.1 Å². The molecule has 0 bridgehead atoms. The molecule has 5 nitrogen and oxygen atoms in total. The highest BCUT2D eigenvalue weighted by Gasteiger charge is 2.12. The number of nitrogens with two attached hydrogens (primary N) is 1. The SMILES string of the molecule is CN(C)C(=O)CNC(=O)c1ccc(N)cc1Cl. The molecule has 0 unspecified atom stereocenters. The lowest BCUT2D eigenvalue weighted by atomic mass is 10.2. The van der Waals surface area contributed by atoms with Gasteiger partial charge in [-0.1, -0.05) is 11.6 Å². The Hall–Kier alpha value is -1.75. The van der Waals surface area contributed by atoms with Crippen molar-refractivity contribution in [3.8, 4) is 0 Å². The van der Waals surface area contributed by atoms with Crippen LogP contribution in [0.15, 0.2) is 18.2 Å². The Bertz CT molecular complexity index is 446. The minimum absolute atomic E-state index is 0.0630. The van der Waals surface area contributed by atoms with Crippen molar-refractivity contribution in [2.45, 2.75) is 0 Å². The zero-order chi connectivity index (χ0) is 13.0. The van der Waals surface area contributed by atoms with Gasteiger partial charge in [0.2, 0.25) is 5.91 Å². The number of nitrogen functional groups attached to an aromatic ring is 1. The van der Waals surface area contributed by atoms with Crippen LogP contribution in [-0.4, -0.2) is 37.4 Å². The molecule has 0 atom stereocenters. The van der Waals surface area contributed by atoms with Gasteiger partial charge in [0.15, 0.2) is 0 Å². The molecule has 1 aromatic rings. The van der Waals surface area contributed by atoms with E-state index in [1.54, 1.807) is 20.2 Å². The Labute approximate surface area is 105 Å². The first-order chi connectivity index (χ1) is 7.91. The fourth-order valence-electron chi connectivity index (χ4n) is 1.12. The fraction of sp³-hybridized carbons (Fsp3) is 0.273. The van der Waals surface area contributed by atoms with Gasteiger partial charge in [-0.2, -0.15) is 0 Å². The van der Waals surface area contributed by atoms with Crippen molar-refractivity contribution in [3.05, 3.63) is 28.8 Å². The summed E-state index contributed by atoms with van der Waals surface area (Å²) in [7, 11) is 3.23. The van der Waals surface area contributed by atoms with Gasteiger partial charge >= 0.3 is 0 Å². The summed E-state index contributed by atoms with van der Waals surface area (Å²) in [5.74, 6) is -0.588. The second kappa shape index (κ2) is 5.54. The summed E-state index contributed by atoms with van der Waals surface area (Å²) in [6.45, 7) is -0.0630. The summed E-state index contributed by atoms with van der Waals surface area (Å²) in [4.78, 5) is 24.4. The highest BCUT2D eigenvalue weighted by atomic mass is 35.5. The molecule has 0 aliphatic heterocycles. The van der Waals surface area contributed by atoms with E-state index in [4.69, 9.17) is 17.3 Å². The van der Waals surface area contributed by atoms with Crippen LogP contribution in [0.4, 0.5) is 5.69 Å². The summed E-state index contributed by atoms with van der Waals surface area (Å²) < 4.78 is 0. The maximum atomic E-state index is 11.7. The van der Waals surface area contributed by atoms with Crippen LogP contribution in [0.25, 0.3) is 0 Å². The molecule has 0 aliphatic carbocycles. The van der Waals surface area contributed by atoms with Gasteiger partial charge in [0, 0.05) is 19.8 Å². The number of halogens is 1. The third kappa shape index (κ3) is 3.64. The molecule has 0 heterocycles. The van der Waals surface area contributed by atoms with E-state index < -0.39 is 5.91 Å². The molecule has 0 aromatic heterocycles. The molecule has 3 N–H and O–H groups in total. The van der Waals surface area contributed by atoms with E-state index in [9.17, 15) is 9.59 Å². The predicted molar refractivity (Wildman–Crippen MR) is 66.9 cm³/mol. The number of amides is 2. The molecule has 0 radical (unpaired) electrons. The van der Waals surface area contributed by atoms with Crippen LogP contribution >= 0.6 is 11.6 Å². The Morgan fingerprint density at radius 1 is 1.41 bits per heavy atom. The first-order valence-electron chi connectivity index (χ1n) is 4.95. The lowest BCUT2D eigenvalue weighted by molar-refractivity contribution is -0.127. The molecular formula is C11H14ClN3O2. The Morgan fingerprint density at radius 2 is 2.06 bits per heavy atom. The number of rotatable bonds is 3. The molecular weight excluding hydrogens is 242 g/mol. The maximum Gasteiger partial charge on any atom is 0.253 e. The lowest BCUT2D eigenvalue weighted by Crippen LogP contribution is -2.36. The van der Waals surface area contributed by atoms with Crippen molar-refractivity contribution in [2.75, 3.05) is 26.4 Å². The van der Waals surface area contributed by atoms with Gasteiger partial charge in [0.25, 0.3) is 5.91 Å². The van der Waals surface area contributed by atoms with Crippen LogP contribution in [0.2, 0.25) is 5.02 Å². The highest BCUT2D eigenvalue weighted by molar-refractivity contribution is 6.34. The molecule has 0 fully saturated rings. The summed E-state index contributed by atoms with van der Waals surface area (Å²) in [6.07, 6.45) is 0. The second-order valence-electron chi connectivity index (χ2n) is 3.71. The van der Waals surface area contributed by atoms with Gasteiger partial charge in [0.05, 0.1) is 17.1 Å². The van der Waals surface area contributed by atoms with E-state index >= 15 is 0 Å². The van der Waals surface area contributed by atoms with Crippen molar-refractivity contribution in [2.24, 2.45) is 0 Å². The average Bonchev–Trinajstić information content (AvgIpc) is 2.25. The minimum Gasteiger partial charge on any atom is -0.399 e. The zero-order valence-electron chi connectivity index (χ0n) is 9.66. The normalized spacial score (nSPS) is 9.82. The third-order valence-electron chi connectivity index (χ3n) is 2.14. The van der Waals surface area contributed by atoms with E-state index in [2.05, 4.69) is 5.32 Å². The Kier molecular flexibility index (Phi) is 4.34. The standard InChI is InChI=1S/C11H14ClN3O2/c1-15(2)10(16)6-14-11(17)8-4-3-7(13)5-9(8)12/h3-5H,6,13H2,1-2H3,(H,14,17). The van der Waals surface area contributed by atoms with Gasteiger partial charge in [0.1, 0.15) is 0 Å². The first kappa shape index (κ1) is 13.3. The minimum atomic E-state index is -0.398. The molecule has 6 heteroatoms. The smallest absolute Gasteiger partial charge is 0.253 e. The Morgan fingerprint density at radius 3 is 2.59 bits per heavy atom. The molecule has 2 amide bonds. The highest BCUT2D eigenvalue weighted by Crippen LogP contribution is 2.18. The van der Waals surface area contributed by atoms with Crippen molar-refractivity contribution in [3.63, 3.8) is 0 Å². The van der Waals surface area contributed by atoms with Crippen molar-refractivity contribution >= 4 is 29.1 Å². The number of hydrogen-bond donors (Lipinski definition) is 2. The van der Waals surface area contributed by atoms with Crippen LogP contribution in [0.3, 0.4) is 0 Å². The number of nitrogens with zero attached hydrogens (tertiary/aromatic N) is 1. The molecule has 17 heavy (non-hydrogen) atoms. The summed E-state index contributed by atoms with van der Waals surface area (Å²) in [5, 5.41) is 2.75. The average molecular weight is 256 g/mol. The maximum absolute atomic E-state index is 11.7. The quantitative estimate of drug-likeness (QED) is 0.783. The summed E-state index contributed by atoms with van der Waals surface area (Å²) in [5.41, 5.74) is 6.29. The fourth-order valence-corrected chi connectivity index (χ4v) is 1.40. The number of hydrogen-bond acceptors (Lipinski definition) is 3. The largest absolute Gasteiger partial charge is 0.399 e. The molecule has 0 saturated carbocycles. The topological polar surface area (TPSA) is 75.4 Å². The van der Waals surface area contributed by atoms with Crippen molar-refractivity contribution < 1.29 is 9.59 Å². The molecule has 1 aromatic carbocycles. The van der Waals surface area contributed by atoms with Gasteiger partial charge in [-0.3, -0.25) is 9.59 Å². The van der Waals surface area contributed by atoms with E-state index in [-0.39, 0.29) is 17.5 Å². The molecule has 92 valence electrons. The second-order valence-corrected chi connectivity index (χ2v) is 4.12. The number of nitrogens with one attached hydrogen (secondary N) is 1.